The number of carbonyl (C=O) groups is 2. The van der Waals surface area contributed by atoms with Gasteiger partial charge in [0, 0.05) is 16.3 Å². The van der Waals surface area contributed by atoms with E-state index < -0.39 is 5.91 Å². The van der Waals surface area contributed by atoms with Crippen LogP contribution in [0.4, 0.5) is 5.69 Å². The van der Waals surface area contributed by atoms with E-state index in [1.165, 1.54) is 20.4 Å². The number of anilines is 1. The number of rotatable bonds is 9. The van der Waals surface area contributed by atoms with Crippen molar-refractivity contribution in [2.24, 2.45) is 5.10 Å². The van der Waals surface area contributed by atoms with Crippen LogP contribution in [-0.4, -0.2) is 38.9 Å². The van der Waals surface area contributed by atoms with Crippen molar-refractivity contribution in [3.05, 3.63) is 82.9 Å². The molecule has 2 N–H and O–H groups in total. The molecule has 170 valence electrons. The maximum Gasteiger partial charge on any atom is 0.271 e. The largest absolute Gasteiger partial charge is 0.493 e. The summed E-state index contributed by atoms with van der Waals surface area (Å²) in [6.45, 7) is -0.167. The summed E-state index contributed by atoms with van der Waals surface area (Å²) in [7, 11) is 3.01. The van der Waals surface area contributed by atoms with Gasteiger partial charge >= 0.3 is 0 Å². The highest BCUT2D eigenvalue weighted by molar-refractivity contribution is 6.30. The molecule has 0 aliphatic carbocycles. The van der Waals surface area contributed by atoms with Crippen molar-refractivity contribution in [3.63, 3.8) is 0 Å². The highest BCUT2D eigenvalue weighted by Gasteiger charge is 2.10. The van der Waals surface area contributed by atoms with Crippen LogP contribution in [0.3, 0.4) is 0 Å². The van der Waals surface area contributed by atoms with Gasteiger partial charge in [-0.25, -0.2) is 5.43 Å². The minimum absolute atomic E-state index is 0.167. The first kappa shape index (κ1) is 23.6. The van der Waals surface area contributed by atoms with Gasteiger partial charge in [0.2, 0.25) is 0 Å². The standard InChI is InChI=1S/C24H22ClN3O5/c1-31-21-11-6-17(13-22(21)32-2)24(30)28-26-14-16-4-3-5-20(12-16)33-15-23(29)27-19-9-7-18(25)8-10-19/h3-14H,15H2,1-2H3,(H,27,29)(H,28,30)/b26-14+. The molecule has 0 aliphatic heterocycles. The van der Waals surface area contributed by atoms with E-state index in [0.29, 0.717) is 39.1 Å². The van der Waals surface area contributed by atoms with Gasteiger partial charge in [-0.2, -0.15) is 5.10 Å². The molecule has 0 saturated carbocycles. The van der Waals surface area contributed by atoms with Crippen molar-refractivity contribution in [3.8, 4) is 17.2 Å². The summed E-state index contributed by atoms with van der Waals surface area (Å²) in [5, 5.41) is 7.28. The van der Waals surface area contributed by atoms with Gasteiger partial charge in [0.25, 0.3) is 11.8 Å². The number of ether oxygens (including phenoxy) is 3. The molecule has 0 atom stereocenters. The first-order valence-electron chi connectivity index (χ1n) is 9.82. The third-order valence-corrected chi connectivity index (χ3v) is 4.63. The van der Waals surface area contributed by atoms with Crippen LogP contribution < -0.4 is 25.0 Å². The Kier molecular flexibility index (Phi) is 8.26. The van der Waals surface area contributed by atoms with E-state index in [1.807, 2.05) is 0 Å². The van der Waals surface area contributed by atoms with Crippen molar-refractivity contribution < 1.29 is 23.8 Å². The Morgan fingerprint density at radius 1 is 0.970 bits per heavy atom. The molecule has 0 radical (unpaired) electrons. The second kappa shape index (κ2) is 11.5. The predicted molar refractivity (Wildman–Crippen MR) is 127 cm³/mol. The van der Waals surface area contributed by atoms with E-state index in [-0.39, 0.29) is 12.5 Å². The van der Waals surface area contributed by atoms with E-state index in [9.17, 15) is 9.59 Å². The number of nitrogens with one attached hydrogen (secondary N) is 2. The number of methoxy groups -OCH3 is 2. The number of hydrogen-bond donors (Lipinski definition) is 2. The zero-order valence-corrected chi connectivity index (χ0v) is 18.8. The van der Waals surface area contributed by atoms with Gasteiger partial charge in [0.15, 0.2) is 18.1 Å². The summed E-state index contributed by atoms with van der Waals surface area (Å²) in [6, 6.07) is 18.5. The molecular formula is C24H22ClN3O5. The molecule has 0 aromatic heterocycles. The van der Waals surface area contributed by atoms with Crippen molar-refractivity contribution in [1.29, 1.82) is 0 Å². The van der Waals surface area contributed by atoms with E-state index >= 15 is 0 Å². The van der Waals surface area contributed by atoms with Crippen LogP contribution in [0.2, 0.25) is 5.02 Å². The van der Waals surface area contributed by atoms with Gasteiger partial charge in [0.1, 0.15) is 5.75 Å². The third-order valence-electron chi connectivity index (χ3n) is 4.38. The summed E-state index contributed by atoms with van der Waals surface area (Å²) in [4.78, 5) is 24.4. The van der Waals surface area contributed by atoms with Gasteiger partial charge in [-0.15, -0.1) is 0 Å². The molecule has 3 rings (SSSR count). The van der Waals surface area contributed by atoms with Gasteiger partial charge in [0.05, 0.1) is 20.4 Å². The zero-order chi connectivity index (χ0) is 23.6. The molecular weight excluding hydrogens is 446 g/mol. The minimum Gasteiger partial charge on any atom is -0.493 e. The lowest BCUT2D eigenvalue weighted by Crippen LogP contribution is -2.20. The van der Waals surface area contributed by atoms with E-state index in [1.54, 1.807) is 66.7 Å². The number of carbonyl (C=O) groups excluding carboxylic acids is 2. The SMILES string of the molecule is COc1ccc(C(=O)N/N=C/c2cccc(OCC(=O)Nc3ccc(Cl)cc3)c2)cc1OC. The molecule has 0 bridgehead atoms. The normalized spacial score (nSPS) is 10.5. The van der Waals surface area contributed by atoms with Crippen molar-refractivity contribution >= 4 is 35.3 Å². The molecule has 3 aromatic carbocycles. The Labute approximate surface area is 196 Å². The summed E-state index contributed by atoms with van der Waals surface area (Å²) in [5.74, 6) is 0.740. The molecule has 8 nitrogen and oxygen atoms in total. The average molecular weight is 468 g/mol. The fourth-order valence-corrected chi connectivity index (χ4v) is 2.90. The lowest BCUT2D eigenvalue weighted by atomic mass is 10.2. The van der Waals surface area contributed by atoms with Crippen LogP contribution in [0.5, 0.6) is 17.2 Å². The second-order valence-electron chi connectivity index (χ2n) is 6.69. The third kappa shape index (κ3) is 6.98. The summed E-state index contributed by atoms with van der Waals surface area (Å²) in [5.41, 5.74) is 4.13. The van der Waals surface area contributed by atoms with Crippen molar-refractivity contribution in [1.82, 2.24) is 5.43 Å². The molecule has 33 heavy (non-hydrogen) atoms. The molecule has 0 heterocycles. The van der Waals surface area contributed by atoms with Crippen molar-refractivity contribution in [2.75, 3.05) is 26.1 Å². The maximum absolute atomic E-state index is 12.3. The molecule has 2 amide bonds. The molecule has 0 spiro atoms. The van der Waals surface area contributed by atoms with Crippen LogP contribution >= 0.6 is 11.6 Å². The predicted octanol–water partition coefficient (Wildman–Crippen LogP) is 4.14. The van der Waals surface area contributed by atoms with E-state index in [4.69, 9.17) is 25.8 Å². The summed E-state index contributed by atoms with van der Waals surface area (Å²) >= 11 is 5.83. The Bertz CT molecular complexity index is 1150. The van der Waals surface area contributed by atoms with Crippen LogP contribution in [0.25, 0.3) is 0 Å². The number of amides is 2. The number of halogens is 1. The quantitative estimate of drug-likeness (QED) is 0.364. The Balaban J connectivity index is 1.53. The van der Waals surface area contributed by atoms with E-state index in [2.05, 4.69) is 15.8 Å². The van der Waals surface area contributed by atoms with Gasteiger partial charge in [-0.3, -0.25) is 9.59 Å². The fraction of sp³-hybridized carbons (Fsp3) is 0.125. The minimum atomic E-state index is -0.404. The van der Waals surface area contributed by atoms with Gasteiger partial charge in [-0.1, -0.05) is 23.7 Å². The highest BCUT2D eigenvalue weighted by atomic mass is 35.5. The molecule has 0 unspecified atom stereocenters. The molecule has 0 aliphatic rings. The average Bonchev–Trinajstić information content (AvgIpc) is 2.84. The number of benzene rings is 3. The monoisotopic (exact) mass is 467 g/mol. The van der Waals surface area contributed by atoms with Crippen molar-refractivity contribution in [2.45, 2.75) is 0 Å². The number of hydrazone groups is 1. The summed E-state index contributed by atoms with van der Waals surface area (Å²) in [6.07, 6.45) is 1.47. The van der Waals surface area contributed by atoms with Gasteiger partial charge < -0.3 is 19.5 Å². The van der Waals surface area contributed by atoms with Crippen LogP contribution in [-0.2, 0) is 4.79 Å². The lowest BCUT2D eigenvalue weighted by Gasteiger charge is -2.09. The molecule has 3 aromatic rings. The second-order valence-corrected chi connectivity index (χ2v) is 7.12. The first-order chi connectivity index (χ1) is 16.0. The van der Waals surface area contributed by atoms with Crippen LogP contribution in [0, 0.1) is 0 Å². The lowest BCUT2D eigenvalue weighted by molar-refractivity contribution is -0.118. The molecule has 9 heteroatoms. The smallest absolute Gasteiger partial charge is 0.271 e. The highest BCUT2D eigenvalue weighted by Crippen LogP contribution is 2.27. The molecule has 0 saturated heterocycles. The first-order valence-corrected chi connectivity index (χ1v) is 10.2. The number of nitrogens with zero attached hydrogens (tertiary/aromatic N) is 1. The van der Waals surface area contributed by atoms with Crippen LogP contribution in [0.15, 0.2) is 71.8 Å². The Hall–Kier alpha value is -4.04. The van der Waals surface area contributed by atoms with Gasteiger partial charge in [-0.05, 0) is 60.2 Å². The Morgan fingerprint density at radius 2 is 1.73 bits per heavy atom. The van der Waals surface area contributed by atoms with E-state index in [0.717, 1.165) is 0 Å². The topological polar surface area (TPSA) is 98.3 Å². The zero-order valence-electron chi connectivity index (χ0n) is 18.0. The summed E-state index contributed by atoms with van der Waals surface area (Å²) < 4.78 is 15.9. The fourth-order valence-electron chi connectivity index (χ4n) is 2.77. The number of hydrogen-bond acceptors (Lipinski definition) is 6. The maximum atomic E-state index is 12.3. The Morgan fingerprint density at radius 3 is 2.45 bits per heavy atom. The molecule has 0 fully saturated rings. The van der Waals surface area contributed by atoms with Crippen LogP contribution in [0.1, 0.15) is 15.9 Å².